The largest absolute Gasteiger partial charge is 0.435 e. The summed E-state index contributed by atoms with van der Waals surface area (Å²) in [6.07, 6.45) is 15.8. The second kappa shape index (κ2) is 8.64. The zero-order valence-corrected chi connectivity index (χ0v) is 15.0. The fourth-order valence-corrected chi connectivity index (χ4v) is 4.48. The Morgan fingerprint density at radius 3 is 2.28 bits per heavy atom. The number of benzene rings is 1. The van der Waals surface area contributed by atoms with Gasteiger partial charge >= 0.3 is 6.61 Å². The number of alkyl halides is 2. The minimum absolute atomic E-state index is 0.228. The molecule has 3 rings (SSSR count). The average Bonchev–Trinajstić information content (AvgIpc) is 2.63. The van der Waals surface area contributed by atoms with Gasteiger partial charge < -0.3 is 4.74 Å². The van der Waals surface area contributed by atoms with Crippen LogP contribution in [0.2, 0.25) is 0 Å². The van der Waals surface area contributed by atoms with Crippen LogP contribution in [0.1, 0.15) is 57.4 Å². The van der Waals surface area contributed by atoms with Gasteiger partial charge in [-0.2, -0.15) is 8.78 Å². The summed E-state index contributed by atoms with van der Waals surface area (Å²) in [4.78, 5) is 0. The predicted octanol–water partition coefficient (Wildman–Crippen LogP) is 6.85. The first-order valence-corrected chi connectivity index (χ1v) is 9.52. The second-order valence-corrected chi connectivity index (χ2v) is 7.37. The monoisotopic (exact) mass is 346 g/mol. The summed E-state index contributed by atoms with van der Waals surface area (Å²) in [6, 6.07) is 7.06. The second-order valence-electron chi connectivity index (χ2n) is 7.37. The topological polar surface area (TPSA) is 9.23 Å². The van der Waals surface area contributed by atoms with E-state index in [1.165, 1.54) is 37.7 Å². The highest BCUT2D eigenvalue weighted by atomic mass is 19.3. The maximum atomic E-state index is 12.2. The van der Waals surface area contributed by atoms with Gasteiger partial charge in [-0.25, -0.2) is 0 Å². The van der Waals surface area contributed by atoms with Crippen molar-refractivity contribution in [2.45, 2.75) is 58.5 Å². The molecule has 1 atom stereocenters. The Hall–Kier alpha value is -1.64. The van der Waals surface area contributed by atoms with E-state index in [0.29, 0.717) is 0 Å². The highest BCUT2D eigenvalue weighted by Gasteiger charge is 2.28. The van der Waals surface area contributed by atoms with E-state index in [1.54, 1.807) is 12.1 Å². The lowest BCUT2D eigenvalue weighted by Gasteiger charge is -2.34. The van der Waals surface area contributed by atoms with Gasteiger partial charge in [0.25, 0.3) is 0 Å². The lowest BCUT2D eigenvalue weighted by molar-refractivity contribution is -0.0498. The molecule has 0 spiro atoms. The molecule has 1 aromatic rings. The van der Waals surface area contributed by atoms with Gasteiger partial charge in [0.1, 0.15) is 5.75 Å². The fourth-order valence-electron chi connectivity index (χ4n) is 4.48. The van der Waals surface area contributed by atoms with Gasteiger partial charge in [-0.3, -0.25) is 0 Å². The van der Waals surface area contributed by atoms with Gasteiger partial charge in [0.05, 0.1) is 0 Å². The third-order valence-corrected chi connectivity index (χ3v) is 5.85. The van der Waals surface area contributed by atoms with Crippen molar-refractivity contribution in [1.82, 2.24) is 0 Å². The molecule has 1 fully saturated rings. The van der Waals surface area contributed by atoms with Gasteiger partial charge in [-0.15, -0.1) is 0 Å². The average molecular weight is 346 g/mol. The number of hydrogen-bond acceptors (Lipinski definition) is 1. The van der Waals surface area contributed by atoms with E-state index in [2.05, 4.69) is 29.9 Å². The molecule has 0 saturated heterocycles. The molecule has 1 saturated carbocycles. The van der Waals surface area contributed by atoms with Crippen LogP contribution in [0.25, 0.3) is 5.57 Å². The van der Waals surface area contributed by atoms with E-state index in [4.69, 9.17) is 0 Å². The Morgan fingerprint density at radius 2 is 1.72 bits per heavy atom. The molecule has 136 valence electrons. The number of ether oxygens (including phenoxy) is 1. The van der Waals surface area contributed by atoms with Crippen molar-refractivity contribution in [3.63, 3.8) is 0 Å². The van der Waals surface area contributed by atoms with Crippen molar-refractivity contribution in [3.05, 3.63) is 48.1 Å². The summed E-state index contributed by atoms with van der Waals surface area (Å²) in [5.74, 6) is 2.72. The quantitative estimate of drug-likeness (QED) is 0.529. The molecular weight excluding hydrogens is 318 g/mol. The Kier molecular flexibility index (Phi) is 6.28. The van der Waals surface area contributed by atoms with Gasteiger partial charge in [0.15, 0.2) is 0 Å². The molecule has 25 heavy (non-hydrogen) atoms. The fraction of sp³-hybridized carbons (Fsp3) is 0.545. The molecule has 3 heteroatoms. The molecule has 0 amide bonds. The first-order valence-electron chi connectivity index (χ1n) is 9.52. The number of hydrogen-bond donors (Lipinski definition) is 0. The van der Waals surface area contributed by atoms with Gasteiger partial charge in [0, 0.05) is 0 Å². The smallest absolute Gasteiger partial charge is 0.387 e. The summed E-state index contributed by atoms with van der Waals surface area (Å²) in [5.41, 5.74) is 2.49. The van der Waals surface area contributed by atoms with E-state index >= 15 is 0 Å². The molecule has 0 N–H and O–H groups in total. The molecule has 1 nitrogen and oxygen atoms in total. The van der Waals surface area contributed by atoms with E-state index < -0.39 is 6.61 Å². The van der Waals surface area contributed by atoms with Crippen LogP contribution in [0.4, 0.5) is 8.78 Å². The highest BCUT2D eigenvalue weighted by Crippen LogP contribution is 2.41. The molecule has 0 bridgehead atoms. The number of allylic oxidation sites excluding steroid dienone is 4. The number of halogens is 2. The predicted molar refractivity (Wildman–Crippen MR) is 98.7 cm³/mol. The SMILES string of the molecule is C/C=C/C1CCC(C2CC=C(c3ccc(OC(F)F)cc3)CC2)CC1. The minimum atomic E-state index is -2.76. The summed E-state index contributed by atoms with van der Waals surface area (Å²) < 4.78 is 28.9. The van der Waals surface area contributed by atoms with Crippen molar-refractivity contribution in [2.24, 2.45) is 17.8 Å². The standard InChI is InChI=1S/C22H28F2O/c1-2-3-16-4-6-17(7-5-16)18-8-10-19(11-9-18)20-12-14-21(15-13-20)25-22(23)24/h2-3,10,12-18,22H,4-9,11H2,1H3/b3-2+. The van der Waals surface area contributed by atoms with Crippen molar-refractivity contribution in [3.8, 4) is 5.75 Å². The molecule has 0 aromatic heterocycles. The van der Waals surface area contributed by atoms with E-state index in [-0.39, 0.29) is 5.75 Å². The minimum Gasteiger partial charge on any atom is -0.435 e. The van der Waals surface area contributed by atoms with Crippen LogP contribution in [0.3, 0.4) is 0 Å². The first-order chi connectivity index (χ1) is 12.2. The summed E-state index contributed by atoms with van der Waals surface area (Å²) in [7, 11) is 0. The van der Waals surface area contributed by atoms with Crippen LogP contribution in [0.15, 0.2) is 42.5 Å². The van der Waals surface area contributed by atoms with E-state index in [0.717, 1.165) is 36.2 Å². The highest BCUT2D eigenvalue weighted by molar-refractivity contribution is 5.66. The summed E-state index contributed by atoms with van der Waals surface area (Å²) in [6.45, 7) is -0.644. The van der Waals surface area contributed by atoms with Crippen LogP contribution in [0, 0.1) is 17.8 Å². The molecule has 0 aliphatic heterocycles. The normalized spacial score (nSPS) is 27.5. The maximum Gasteiger partial charge on any atom is 0.387 e. The van der Waals surface area contributed by atoms with Crippen LogP contribution in [-0.2, 0) is 0 Å². The third kappa shape index (κ3) is 4.93. The zero-order valence-electron chi connectivity index (χ0n) is 15.0. The molecular formula is C22H28F2O. The third-order valence-electron chi connectivity index (χ3n) is 5.85. The molecule has 2 aliphatic carbocycles. The van der Waals surface area contributed by atoms with Gasteiger partial charge in [-0.1, -0.05) is 30.4 Å². The van der Waals surface area contributed by atoms with Crippen LogP contribution in [-0.4, -0.2) is 6.61 Å². The van der Waals surface area contributed by atoms with Crippen LogP contribution >= 0.6 is 0 Å². The molecule has 0 radical (unpaired) electrons. The van der Waals surface area contributed by atoms with Crippen LogP contribution < -0.4 is 4.74 Å². The summed E-state index contributed by atoms with van der Waals surface area (Å²) in [5, 5.41) is 0. The summed E-state index contributed by atoms with van der Waals surface area (Å²) >= 11 is 0. The molecule has 1 unspecified atom stereocenters. The Balaban J connectivity index is 1.54. The Labute approximate surface area is 149 Å². The van der Waals surface area contributed by atoms with Gasteiger partial charge in [-0.05, 0) is 92.9 Å². The van der Waals surface area contributed by atoms with Crippen molar-refractivity contribution >= 4 is 5.57 Å². The molecule has 0 heterocycles. The Morgan fingerprint density at radius 1 is 1.00 bits per heavy atom. The lowest BCUT2D eigenvalue weighted by Crippen LogP contribution is -2.22. The van der Waals surface area contributed by atoms with Crippen molar-refractivity contribution in [1.29, 1.82) is 0 Å². The van der Waals surface area contributed by atoms with Crippen molar-refractivity contribution in [2.75, 3.05) is 0 Å². The van der Waals surface area contributed by atoms with Crippen LogP contribution in [0.5, 0.6) is 5.75 Å². The van der Waals surface area contributed by atoms with E-state index in [1.807, 2.05) is 12.1 Å². The lowest BCUT2D eigenvalue weighted by atomic mass is 9.71. The number of rotatable bonds is 5. The Bertz CT molecular complexity index is 595. The maximum absolute atomic E-state index is 12.2. The molecule has 2 aliphatic rings. The van der Waals surface area contributed by atoms with Crippen molar-refractivity contribution < 1.29 is 13.5 Å². The molecule has 1 aromatic carbocycles. The zero-order chi connectivity index (χ0) is 17.6. The van der Waals surface area contributed by atoms with E-state index in [9.17, 15) is 8.78 Å². The first kappa shape index (κ1) is 18.2. The van der Waals surface area contributed by atoms with Gasteiger partial charge in [0.2, 0.25) is 0 Å².